The van der Waals surface area contributed by atoms with Gasteiger partial charge in [0.05, 0.1) is 17.8 Å². The Balaban J connectivity index is 1.58. The molecular weight excluding hydrogens is 368 g/mol. The van der Waals surface area contributed by atoms with Crippen molar-refractivity contribution in [2.45, 2.75) is 19.4 Å². The van der Waals surface area contributed by atoms with Crippen LogP contribution < -0.4 is 10.3 Å². The van der Waals surface area contributed by atoms with Crippen molar-refractivity contribution in [3.63, 3.8) is 0 Å². The Bertz CT molecular complexity index is 1080. The van der Waals surface area contributed by atoms with Gasteiger partial charge >= 0.3 is 5.97 Å². The number of para-hydroxylation sites is 1. The van der Waals surface area contributed by atoms with E-state index in [2.05, 4.69) is 15.4 Å². The van der Waals surface area contributed by atoms with Crippen molar-refractivity contribution in [1.29, 1.82) is 0 Å². The van der Waals surface area contributed by atoms with E-state index in [0.29, 0.717) is 5.69 Å². The third kappa shape index (κ3) is 3.94. The summed E-state index contributed by atoms with van der Waals surface area (Å²) in [4.78, 5) is 29.5. The van der Waals surface area contributed by atoms with Crippen LogP contribution in [-0.2, 0) is 14.3 Å². The molecule has 0 saturated heterocycles. The van der Waals surface area contributed by atoms with Gasteiger partial charge in [-0.15, -0.1) is 0 Å². The number of fused-ring (bicyclic) bond motifs is 1. The third-order valence-electron chi connectivity index (χ3n) is 4.62. The summed E-state index contributed by atoms with van der Waals surface area (Å²) in [7, 11) is 0. The number of rotatable bonds is 5. The summed E-state index contributed by atoms with van der Waals surface area (Å²) in [5.74, 6) is -0.749. The lowest BCUT2D eigenvalue weighted by atomic mass is 10.1. The molecule has 0 radical (unpaired) electrons. The third-order valence-corrected chi connectivity index (χ3v) is 4.62. The van der Waals surface area contributed by atoms with Gasteiger partial charge in [-0.05, 0) is 43.3 Å². The molecule has 4 rings (SSSR count). The van der Waals surface area contributed by atoms with Crippen molar-refractivity contribution in [2.24, 2.45) is 5.10 Å². The van der Waals surface area contributed by atoms with Gasteiger partial charge in [0, 0.05) is 23.7 Å². The van der Waals surface area contributed by atoms with Gasteiger partial charge in [0.15, 0.2) is 0 Å². The van der Waals surface area contributed by atoms with E-state index >= 15 is 0 Å². The monoisotopic (exact) mass is 388 g/mol. The fraction of sp³-hybridized carbons (Fsp3) is 0.182. The van der Waals surface area contributed by atoms with E-state index in [0.717, 1.165) is 16.6 Å². The highest BCUT2D eigenvalue weighted by Gasteiger charge is 2.36. The number of carbonyl (C=O) groups is 2. The Morgan fingerprint density at radius 3 is 2.76 bits per heavy atom. The Morgan fingerprint density at radius 1 is 1.14 bits per heavy atom. The molecule has 0 aliphatic carbocycles. The van der Waals surface area contributed by atoms with Crippen LogP contribution in [0, 0.1) is 0 Å². The minimum Gasteiger partial charge on any atom is -0.461 e. The second-order valence-electron chi connectivity index (χ2n) is 6.57. The molecule has 0 spiro atoms. The number of anilines is 2. The standard InChI is InChI=1S/C22H20N4O3/c1-2-29-22(28)19-14-20(26(25-19)17-8-4-3-5-9-17)21(27)24-16-10-11-18-15(13-16)7-6-12-23-18/h3-13,20H,2,14H2,1H3,(H,24,27). The van der Waals surface area contributed by atoms with Crippen LogP contribution in [0.3, 0.4) is 0 Å². The molecule has 1 aromatic heterocycles. The average molecular weight is 388 g/mol. The minimum absolute atomic E-state index is 0.175. The van der Waals surface area contributed by atoms with Gasteiger partial charge in [-0.3, -0.25) is 14.8 Å². The molecule has 0 fully saturated rings. The lowest BCUT2D eigenvalue weighted by molar-refractivity contribution is -0.135. The van der Waals surface area contributed by atoms with Gasteiger partial charge in [-0.1, -0.05) is 24.3 Å². The van der Waals surface area contributed by atoms with Crippen LogP contribution in [0.25, 0.3) is 10.9 Å². The molecule has 1 unspecified atom stereocenters. The molecule has 2 heterocycles. The maximum Gasteiger partial charge on any atom is 0.354 e. The first-order valence-corrected chi connectivity index (χ1v) is 9.40. The number of pyridine rings is 1. The lowest BCUT2D eigenvalue weighted by Crippen LogP contribution is -2.38. The average Bonchev–Trinajstić information content (AvgIpc) is 3.20. The number of hydrazone groups is 1. The largest absolute Gasteiger partial charge is 0.461 e. The van der Waals surface area contributed by atoms with E-state index in [4.69, 9.17) is 4.74 Å². The van der Waals surface area contributed by atoms with Gasteiger partial charge in [0.2, 0.25) is 5.91 Å². The van der Waals surface area contributed by atoms with Crippen molar-refractivity contribution in [3.05, 3.63) is 66.9 Å². The quantitative estimate of drug-likeness (QED) is 0.678. The molecular formula is C22H20N4O3. The molecule has 29 heavy (non-hydrogen) atoms. The van der Waals surface area contributed by atoms with Gasteiger partial charge < -0.3 is 10.1 Å². The molecule has 1 atom stereocenters. The SMILES string of the molecule is CCOC(=O)C1=NN(c2ccccc2)C(C(=O)Nc2ccc3ncccc3c2)C1. The zero-order valence-electron chi connectivity index (χ0n) is 15.9. The van der Waals surface area contributed by atoms with Gasteiger partial charge in [0.1, 0.15) is 11.8 Å². The first kappa shape index (κ1) is 18.6. The Hall–Kier alpha value is -3.74. The van der Waals surface area contributed by atoms with E-state index in [1.807, 2.05) is 60.7 Å². The van der Waals surface area contributed by atoms with E-state index in [1.54, 1.807) is 18.1 Å². The highest BCUT2D eigenvalue weighted by molar-refractivity contribution is 6.38. The molecule has 1 amide bonds. The number of amides is 1. The highest BCUT2D eigenvalue weighted by Crippen LogP contribution is 2.26. The van der Waals surface area contributed by atoms with E-state index in [-0.39, 0.29) is 24.6 Å². The number of esters is 1. The van der Waals surface area contributed by atoms with Gasteiger partial charge in [0.25, 0.3) is 0 Å². The Kier molecular flexibility index (Phi) is 5.20. The number of carbonyl (C=O) groups excluding carboxylic acids is 2. The topological polar surface area (TPSA) is 83.9 Å². The summed E-state index contributed by atoms with van der Waals surface area (Å²) in [5.41, 5.74) is 2.48. The predicted octanol–water partition coefficient (Wildman–Crippen LogP) is 3.37. The second-order valence-corrected chi connectivity index (χ2v) is 6.57. The molecule has 1 N–H and O–H groups in total. The van der Waals surface area contributed by atoms with Crippen LogP contribution in [0.5, 0.6) is 0 Å². The molecule has 3 aromatic rings. The second kappa shape index (κ2) is 8.10. The normalized spacial score (nSPS) is 15.8. The molecule has 7 nitrogen and oxygen atoms in total. The van der Waals surface area contributed by atoms with Crippen molar-refractivity contribution >= 4 is 39.9 Å². The first-order valence-electron chi connectivity index (χ1n) is 9.40. The van der Waals surface area contributed by atoms with Crippen LogP contribution in [0.2, 0.25) is 0 Å². The fourth-order valence-electron chi connectivity index (χ4n) is 3.25. The van der Waals surface area contributed by atoms with Crippen LogP contribution in [0.1, 0.15) is 13.3 Å². The molecule has 0 saturated carbocycles. The molecule has 146 valence electrons. The van der Waals surface area contributed by atoms with Crippen LogP contribution in [0.4, 0.5) is 11.4 Å². The number of benzene rings is 2. The fourth-order valence-corrected chi connectivity index (χ4v) is 3.25. The zero-order chi connectivity index (χ0) is 20.2. The van der Waals surface area contributed by atoms with Gasteiger partial charge in [-0.25, -0.2) is 4.79 Å². The van der Waals surface area contributed by atoms with Gasteiger partial charge in [-0.2, -0.15) is 5.10 Å². The summed E-state index contributed by atoms with van der Waals surface area (Å²) < 4.78 is 5.07. The first-order chi connectivity index (χ1) is 14.2. The maximum atomic E-state index is 13.1. The highest BCUT2D eigenvalue weighted by atomic mass is 16.5. The maximum absolute atomic E-state index is 13.1. The smallest absolute Gasteiger partial charge is 0.354 e. The molecule has 0 bridgehead atoms. The summed E-state index contributed by atoms with van der Waals surface area (Å²) in [6.45, 7) is 1.99. The number of nitrogens with zero attached hydrogens (tertiary/aromatic N) is 3. The number of hydrogen-bond donors (Lipinski definition) is 1. The Labute approximate surface area is 168 Å². The lowest BCUT2D eigenvalue weighted by Gasteiger charge is -2.22. The van der Waals surface area contributed by atoms with E-state index in [9.17, 15) is 9.59 Å². The minimum atomic E-state index is -0.651. The molecule has 2 aromatic carbocycles. The summed E-state index contributed by atoms with van der Waals surface area (Å²) >= 11 is 0. The summed E-state index contributed by atoms with van der Waals surface area (Å²) in [6, 6.07) is 18.0. The number of ether oxygens (including phenoxy) is 1. The number of nitrogens with one attached hydrogen (secondary N) is 1. The van der Waals surface area contributed by atoms with Crippen LogP contribution in [0.15, 0.2) is 72.0 Å². The molecule has 1 aliphatic rings. The molecule has 7 heteroatoms. The van der Waals surface area contributed by atoms with E-state index in [1.165, 1.54) is 0 Å². The van der Waals surface area contributed by atoms with Crippen molar-refractivity contribution in [2.75, 3.05) is 16.9 Å². The van der Waals surface area contributed by atoms with Crippen molar-refractivity contribution in [3.8, 4) is 0 Å². The Morgan fingerprint density at radius 2 is 1.97 bits per heavy atom. The zero-order valence-corrected chi connectivity index (χ0v) is 15.9. The number of aromatic nitrogens is 1. The van der Waals surface area contributed by atoms with Crippen molar-refractivity contribution < 1.29 is 14.3 Å². The van der Waals surface area contributed by atoms with Crippen molar-refractivity contribution in [1.82, 2.24) is 4.98 Å². The van der Waals surface area contributed by atoms with Crippen LogP contribution >= 0.6 is 0 Å². The summed E-state index contributed by atoms with van der Waals surface area (Å²) in [6.07, 6.45) is 1.90. The number of hydrogen-bond acceptors (Lipinski definition) is 6. The van der Waals surface area contributed by atoms with E-state index < -0.39 is 12.0 Å². The molecule has 1 aliphatic heterocycles. The predicted molar refractivity (Wildman–Crippen MR) is 112 cm³/mol. The summed E-state index contributed by atoms with van der Waals surface area (Å²) in [5, 5.41) is 9.81. The van der Waals surface area contributed by atoms with Crippen LogP contribution in [-0.4, -0.2) is 35.2 Å².